The number of carbonyl (C=O) groups excluding carboxylic acids is 1. The fraction of sp³-hybridized carbons (Fsp3) is 0.889. The minimum Gasteiger partial charge on any atom is -0.385 e. The molecule has 0 spiro atoms. The van der Waals surface area contributed by atoms with Gasteiger partial charge in [0.25, 0.3) is 0 Å². The molecule has 1 aliphatic rings. The van der Waals surface area contributed by atoms with Gasteiger partial charge in [-0.05, 0) is 6.42 Å². The summed E-state index contributed by atoms with van der Waals surface area (Å²) in [6.45, 7) is 3.06. The van der Waals surface area contributed by atoms with E-state index in [1.807, 2.05) is 0 Å². The summed E-state index contributed by atoms with van der Waals surface area (Å²) in [4.78, 5) is 13.4. The molecule has 14 heavy (non-hydrogen) atoms. The van der Waals surface area contributed by atoms with E-state index in [-0.39, 0.29) is 5.91 Å². The van der Waals surface area contributed by atoms with Gasteiger partial charge in [-0.2, -0.15) is 0 Å². The van der Waals surface area contributed by atoms with Crippen molar-refractivity contribution in [3.63, 3.8) is 0 Å². The van der Waals surface area contributed by atoms with Crippen LogP contribution in [0.4, 0.5) is 0 Å². The van der Waals surface area contributed by atoms with Gasteiger partial charge in [0, 0.05) is 26.8 Å². The molecule has 1 heterocycles. The Labute approximate surface area is 84.1 Å². The van der Waals surface area contributed by atoms with Crippen LogP contribution < -0.4 is 5.73 Å². The third-order valence-electron chi connectivity index (χ3n) is 2.27. The highest BCUT2D eigenvalue weighted by molar-refractivity contribution is 5.81. The number of ether oxygens (including phenoxy) is 2. The first-order chi connectivity index (χ1) is 6.75. The quantitative estimate of drug-likeness (QED) is 0.649. The molecule has 1 rings (SSSR count). The summed E-state index contributed by atoms with van der Waals surface area (Å²) < 4.78 is 10.0. The molecule has 1 amide bonds. The zero-order chi connectivity index (χ0) is 10.4. The van der Waals surface area contributed by atoms with Crippen molar-refractivity contribution in [2.24, 2.45) is 5.73 Å². The molecular weight excluding hydrogens is 184 g/mol. The van der Waals surface area contributed by atoms with Crippen molar-refractivity contribution in [2.45, 2.75) is 12.5 Å². The maximum Gasteiger partial charge on any atom is 0.239 e. The summed E-state index contributed by atoms with van der Waals surface area (Å²) in [6.07, 6.45) is 0.576. The maximum atomic E-state index is 11.7. The standard InChI is InChI=1S/C9H18N2O3/c1-13-5-2-8(10)9(12)11-3-6-14-7-4-11/h8H,2-7,10H2,1H3. The van der Waals surface area contributed by atoms with E-state index in [1.54, 1.807) is 12.0 Å². The Hall–Kier alpha value is -0.650. The molecule has 1 atom stereocenters. The molecule has 0 saturated carbocycles. The van der Waals surface area contributed by atoms with Gasteiger partial charge >= 0.3 is 0 Å². The monoisotopic (exact) mass is 202 g/mol. The van der Waals surface area contributed by atoms with E-state index < -0.39 is 6.04 Å². The Balaban J connectivity index is 2.30. The largest absolute Gasteiger partial charge is 0.385 e. The molecule has 82 valence electrons. The number of amides is 1. The van der Waals surface area contributed by atoms with Crippen LogP contribution in [0.5, 0.6) is 0 Å². The molecular formula is C9H18N2O3. The highest BCUT2D eigenvalue weighted by Crippen LogP contribution is 2.01. The first-order valence-corrected chi connectivity index (χ1v) is 4.86. The Kier molecular flexibility index (Phi) is 4.86. The summed E-state index contributed by atoms with van der Waals surface area (Å²) in [6, 6.07) is -0.437. The predicted molar refractivity (Wildman–Crippen MR) is 51.9 cm³/mol. The number of nitrogens with zero attached hydrogens (tertiary/aromatic N) is 1. The van der Waals surface area contributed by atoms with Crippen molar-refractivity contribution in [3.05, 3.63) is 0 Å². The van der Waals surface area contributed by atoms with Crippen LogP contribution in [-0.4, -0.2) is 56.9 Å². The van der Waals surface area contributed by atoms with E-state index in [2.05, 4.69) is 0 Å². The van der Waals surface area contributed by atoms with Gasteiger partial charge in [0.05, 0.1) is 19.3 Å². The Morgan fingerprint density at radius 2 is 2.21 bits per heavy atom. The van der Waals surface area contributed by atoms with E-state index in [0.29, 0.717) is 39.3 Å². The number of rotatable bonds is 4. The predicted octanol–water partition coefficient (Wildman–Crippen LogP) is -0.791. The molecule has 1 unspecified atom stereocenters. The number of morpholine rings is 1. The van der Waals surface area contributed by atoms with Crippen LogP contribution in [0.2, 0.25) is 0 Å². The molecule has 0 radical (unpaired) electrons. The molecule has 5 nitrogen and oxygen atoms in total. The van der Waals surface area contributed by atoms with Crippen molar-refractivity contribution in [3.8, 4) is 0 Å². The zero-order valence-corrected chi connectivity index (χ0v) is 8.57. The number of nitrogens with two attached hydrogens (primary N) is 1. The summed E-state index contributed by atoms with van der Waals surface area (Å²) in [5, 5.41) is 0. The van der Waals surface area contributed by atoms with Crippen molar-refractivity contribution < 1.29 is 14.3 Å². The SMILES string of the molecule is COCCC(N)C(=O)N1CCOCC1. The molecule has 1 fully saturated rings. The lowest BCUT2D eigenvalue weighted by Gasteiger charge is -2.29. The van der Waals surface area contributed by atoms with E-state index in [0.717, 1.165) is 0 Å². The topological polar surface area (TPSA) is 64.8 Å². The summed E-state index contributed by atoms with van der Waals surface area (Å²) in [5.74, 6) is 0.00495. The van der Waals surface area contributed by atoms with Crippen LogP contribution in [-0.2, 0) is 14.3 Å². The van der Waals surface area contributed by atoms with Crippen molar-refractivity contribution in [1.82, 2.24) is 4.90 Å². The second kappa shape index (κ2) is 5.95. The van der Waals surface area contributed by atoms with Gasteiger partial charge in [0.2, 0.25) is 5.91 Å². The molecule has 1 aliphatic heterocycles. The van der Waals surface area contributed by atoms with Crippen molar-refractivity contribution in [1.29, 1.82) is 0 Å². The first kappa shape index (κ1) is 11.4. The van der Waals surface area contributed by atoms with Gasteiger partial charge in [-0.25, -0.2) is 0 Å². The smallest absolute Gasteiger partial charge is 0.239 e. The number of methoxy groups -OCH3 is 1. The highest BCUT2D eigenvalue weighted by atomic mass is 16.5. The lowest BCUT2D eigenvalue weighted by Crippen LogP contribution is -2.48. The third-order valence-corrected chi connectivity index (χ3v) is 2.27. The van der Waals surface area contributed by atoms with Gasteiger partial charge in [0.15, 0.2) is 0 Å². The van der Waals surface area contributed by atoms with Gasteiger partial charge in [0.1, 0.15) is 0 Å². The average molecular weight is 202 g/mol. The Bertz CT molecular complexity index is 181. The fourth-order valence-electron chi connectivity index (χ4n) is 1.39. The Morgan fingerprint density at radius 1 is 1.57 bits per heavy atom. The molecule has 0 aromatic rings. The fourth-order valence-corrected chi connectivity index (χ4v) is 1.39. The van der Waals surface area contributed by atoms with E-state index in [1.165, 1.54) is 0 Å². The van der Waals surface area contributed by atoms with Crippen LogP contribution in [0.25, 0.3) is 0 Å². The zero-order valence-electron chi connectivity index (χ0n) is 8.57. The van der Waals surface area contributed by atoms with Gasteiger partial charge in [-0.15, -0.1) is 0 Å². The van der Waals surface area contributed by atoms with Crippen molar-refractivity contribution >= 4 is 5.91 Å². The van der Waals surface area contributed by atoms with Crippen LogP contribution in [0, 0.1) is 0 Å². The number of hydrogen-bond donors (Lipinski definition) is 1. The summed E-state index contributed by atoms with van der Waals surface area (Å²) in [7, 11) is 1.60. The first-order valence-electron chi connectivity index (χ1n) is 4.86. The Morgan fingerprint density at radius 3 is 2.79 bits per heavy atom. The maximum absolute atomic E-state index is 11.7. The third kappa shape index (κ3) is 3.25. The highest BCUT2D eigenvalue weighted by Gasteiger charge is 2.22. The van der Waals surface area contributed by atoms with Crippen LogP contribution in [0.1, 0.15) is 6.42 Å². The lowest BCUT2D eigenvalue weighted by molar-refractivity contribution is -0.137. The number of carbonyl (C=O) groups is 1. The van der Waals surface area contributed by atoms with Crippen molar-refractivity contribution in [2.75, 3.05) is 40.0 Å². The van der Waals surface area contributed by atoms with Gasteiger partial charge < -0.3 is 20.1 Å². The van der Waals surface area contributed by atoms with E-state index in [9.17, 15) is 4.79 Å². The summed E-state index contributed by atoms with van der Waals surface area (Å²) in [5.41, 5.74) is 5.72. The van der Waals surface area contributed by atoms with E-state index in [4.69, 9.17) is 15.2 Å². The van der Waals surface area contributed by atoms with E-state index >= 15 is 0 Å². The average Bonchev–Trinajstić information content (AvgIpc) is 2.26. The minimum absolute atomic E-state index is 0.00495. The molecule has 0 aliphatic carbocycles. The molecule has 1 saturated heterocycles. The van der Waals surface area contributed by atoms with Gasteiger partial charge in [-0.3, -0.25) is 4.79 Å². The molecule has 0 aromatic heterocycles. The minimum atomic E-state index is -0.437. The molecule has 0 aromatic carbocycles. The van der Waals surface area contributed by atoms with Crippen LogP contribution >= 0.6 is 0 Å². The molecule has 2 N–H and O–H groups in total. The summed E-state index contributed by atoms with van der Waals surface area (Å²) >= 11 is 0. The number of hydrogen-bond acceptors (Lipinski definition) is 4. The molecule has 0 bridgehead atoms. The van der Waals surface area contributed by atoms with Gasteiger partial charge in [-0.1, -0.05) is 0 Å². The molecule has 5 heteroatoms. The lowest BCUT2D eigenvalue weighted by atomic mass is 10.2. The van der Waals surface area contributed by atoms with Crippen LogP contribution in [0.3, 0.4) is 0 Å². The van der Waals surface area contributed by atoms with Crippen LogP contribution in [0.15, 0.2) is 0 Å². The second-order valence-electron chi connectivity index (χ2n) is 3.33. The normalized spacial score (nSPS) is 19.4. The second-order valence-corrected chi connectivity index (χ2v) is 3.33.